The molecule has 88 valence electrons. The Kier molecular flexibility index (Phi) is 4.11. The summed E-state index contributed by atoms with van der Waals surface area (Å²) in [6.07, 6.45) is 1.01. The third-order valence-corrected chi connectivity index (χ3v) is 3.20. The van der Waals surface area contributed by atoms with Crippen molar-refractivity contribution >= 4 is 5.91 Å². The highest BCUT2D eigenvalue weighted by atomic mass is 16.5. The molecular formula is C11H22N2O2. The van der Waals surface area contributed by atoms with Gasteiger partial charge in [-0.3, -0.25) is 4.79 Å². The predicted molar refractivity (Wildman–Crippen MR) is 59.4 cm³/mol. The number of rotatable bonds is 4. The highest BCUT2D eigenvalue weighted by molar-refractivity contribution is 5.79. The molecule has 1 aliphatic heterocycles. The SMILES string of the molecule is COCC(C)C(=O)N1CCC(C)(CN)C1. The Morgan fingerprint density at radius 1 is 1.67 bits per heavy atom. The summed E-state index contributed by atoms with van der Waals surface area (Å²) in [4.78, 5) is 13.9. The second-order valence-electron chi connectivity index (χ2n) is 4.88. The molecule has 0 aromatic rings. The van der Waals surface area contributed by atoms with Crippen LogP contribution in [0.5, 0.6) is 0 Å². The Labute approximate surface area is 91.8 Å². The Bertz CT molecular complexity index is 233. The van der Waals surface area contributed by atoms with E-state index in [4.69, 9.17) is 10.5 Å². The van der Waals surface area contributed by atoms with E-state index in [-0.39, 0.29) is 17.2 Å². The molecule has 2 unspecified atom stereocenters. The third-order valence-electron chi connectivity index (χ3n) is 3.20. The number of nitrogens with zero attached hydrogens (tertiary/aromatic N) is 1. The van der Waals surface area contributed by atoms with Crippen LogP contribution in [0.25, 0.3) is 0 Å². The van der Waals surface area contributed by atoms with Crippen molar-refractivity contribution in [3.63, 3.8) is 0 Å². The minimum Gasteiger partial charge on any atom is -0.384 e. The van der Waals surface area contributed by atoms with Crippen LogP contribution in [0, 0.1) is 11.3 Å². The van der Waals surface area contributed by atoms with E-state index < -0.39 is 0 Å². The van der Waals surface area contributed by atoms with Gasteiger partial charge in [0.15, 0.2) is 0 Å². The minimum absolute atomic E-state index is 0.0462. The second kappa shape index (κ2) is 4.94. The van der Waals surface area contributed by atoms with Crippen LogP contribution in [0.3, 0.4) is 0 Å². The van der Waals surface area contributed by atoms with Crippen LogP contribution in [0.15, 0.2) is 0 Å². The molecular weight excluding hydrogens is 192 g/mol. The molecule has 0 aromatic carbocycles. The molecule has 1 amide bonds. The van der Waals surface area contributed by atoms with E-state index in [1.165, 1.54) is 0 Å². The summed E-state index contributed by atoms with van der Waals surface area (Å²) in [5.74, 6) is 0.143. The molecule has 0 radical (unpaired) electrons. The van der Waals surface area contributed by atoms with Gasteiger partial charge in [-0.05, 0) is 18.4 Å². The summed E-state index contributed by atoms with van der Waals surface area (Å²) in [7, 11) is 1.62. The number of carbonyl (C=O) groups is 1. The van der Waals surface area contributed by atoms with Gasteiger partial charge in [-0.1, -0.05) is 13.8 Å². The zero-order valence-electron chi connectivity index (χ0n) is 9.95. The van der Waals surface area contributed by atoms with Crippen molar-refractivity contribution in [3.05, 3.63) is 0 Å². The molecule has 0 aliphatic carbocycles. The topological polar surface area (TPSA) is 55.6 Å². The molecule has 1 rings (SSSR count). The van der Waals surface area contributed by atoms with Crippen molar-refractivity contribution in [1.82, 2.24) is 4.90 Å². The van der Waals surface area contributed by atoms with Gasteiger partial charge in [0.25, 0.3) is 0 Å². The van der Waals surface area contributed by atoms with Gasteiger partial charge in [0.1, 0.15) is 0 Å². The van der Waals surface area contributed by atoms with E-state index in [1.807, 2.05) is 11.8 Å². The lowest BCUT2D eigenvalue weighted by Crippen LogP contribution is -2.38. The molecule has 0 spiro atoms. The predicted octanol–water partition coefficient (Wildman–Crippen LogP) is 0.466. The van der Waals surface area contributed by atoms with Gasteiger partial charge in [0.2, 0.25) is 5.91 Å². The fraction of sp³-hybridized carbons (Fsp3) is 0.909. The molecule has 1 fully saturated rings. The lowest BCUT2D eigenvalue weighted by atomic mass is 9.90. The van der Waals surface area contributed by atoms with Gasteiger partial charge >= 0.3 is 0 Å². The number of ether oxygens (including phenoxy) is 1. The average molecular weight is 214 g/mol. The lowest BCUT2D eigenvalue weighted by molar-refractivity contribution is -0.135. The first-order valence-corrected chi connectivity index (χ1v) is 5.50. The largest absolute Gasteiger partial charge is 0.384 e. The monoisotopic (exact) mass is 214 g/mol. The van der Waals surface area contributed by atoms with Crippen LogP contribution in [0.2, 0.25) is 0 Å². The first-order valence-electron chi connectivity index (χ1n) is 5.50. The molecule has 0 aromatic heterocycles. The summed E-state index contributed by atoms with van der Waals surface area (Å²) >= 11 is 0. The summed E-state index contributed by atoms with van der Waals surface area (Å²) in [5, 5.41) is 0. The van der Waals surface area contributed by atoms with Crippen molar-refractivity contribution in [2.45, 2.75) is 20.3 Å². The number of hydrogen-bond acceptors (Lipinski definition) is 3. The van der Waals surface area contributed by atoms with Crippen LogP contribution in [0.4, 0.5) is 0 Å². The van der Waals surface area contributed by atoms with Crippen LogP contribution in [0.1, 0.15) is 20.3 Å². The van der Waals surface area contributed by atoms with E-state index in [0.29, 0.717) is 13.2 Å². The quantitative estimate of drug-likeness (QED) is 0.740. The Hall–Kier alpha value is -0.610. The molecule has 1 heterocycles. The minimum atomic E-state index is -0.0462. The van der Waals surface area contributed by atoms with Gasteiger partial charge in [0.05, 0.1) is 12.5 Å². The number of methoxy groups -OCH3 is 1. The van der Waals surface area contributed by atoms with Gasteiger partial charge in [0, 0.05) is 20.2 Å². The maximum atomic E-state index is 11.9. The molecule has 2 N–H and O–H groups in total. The number of likely N-dealkylation sites (tertiary alicyclic amines) is 1. The first kappa shape index (κ1) is 12.5. The van der Waals surface area contributed by atoms with Crippen LogP contribution in [-0.2, 0) is 9.53 Å². The number of hydrogen-bond donors (Lipinski definition) is 1. The van der Waals surface area contributed by atoms with E-state index in [9.17, 15) is 4.79 Å². The summed E-state index contributed by atoms with van der Waals surface area (Å²) in [6, 6.07) is 0. The van der Waals surface area contributed by atoms with Crippen molar-refractivity contribution in [3.8, 4) is 0 Å². The molecule has 0 saturated carbocycles. The summed E-state index contributed by atoms with van der Waals surface area (Å²) in [5.41, 5.74) is 5.82. The molecule has 15 heavy (non-hydrogen) atoms. The highest BCUT2D eigenvalue weighted by Crippen LogP contribution is 2.29. The smallest absolute Gasteiger partial charge is 0.227 e. The molecule has 1 aliphatic rings. The van der Waals surface area contributed by atoms with Crippen LogP contribution < -0.4 is 5.73 Å². The standard InChI is InChI=1S/C11H22N2O2/c1-9(6-15-3)10(14)13-5-4-11(2,7-12)8-13/h9H,4-8,12H2,1-3H3. The van der Waals surface area contributed by atoms with E-state index in [1.54, 1.807) is 7.11 Å². The van der Waals surface area contributed by atoms with Gasteiger partial charge in [-0.2, -0.15) is 0 Å². The maximum Gasteiger partial charge on any atom is 0.227 e. The van der Waals surface area contributed by atoms with Gasteiger partial charge in [-0.15, -0.1) is 0 Å². The molecule has 1 saturated heterocycles. The zero-order valence-corrected chi connectivity index (χ0v) is 9.95. The molecule has 4 nitrogen and oxygen atoms in total. The Balaban J connectivity index is 2.50. The lowest BCUT2D eigenvalue weighted by Gasteiger charge is -2.24. The van der Waals surface area contributed by atoms with Crippen molar-refractivity contribution in [2.75, 3.05) is 33.4 Å². The fourth-order valence-corrected chi connectivity index (χ4v) is 2.01. The number of nitrogens with two attached hydrogens (primary N) is 1. The second-order valence-corrected chi connectivity index (χ2v) is 4.88. The highest BCUT2D eigenvalue weighted by Gasteiger charge is 2.35. The third kappa shape index (κ3) is 2.92. The molecule has 4 heteroatoms. The maximum absolute atomic E-state index is 11.9. The van der Waals surface area contributed by atoms with Gasteiger partial charge in [-0.25, -0.2) is 0 Å². The molecule has 2 atom stereocenters. The van der Waals surface area contributed by atoms with Gasteiger partial charge < -0.3 is 15.4 Å². The summed E-state index contributed by atoms with van der Waals surface area (Å²) < 4.78 is 4.99. The van der Waals surface area contributed by atoms with Crippen molar-refractivity contribution in [1.29, 1.82) is 0 Å². The first-order chi connectivity index (χ1) is 7.02. The summed E-state index contributed by atoms with van der Waals surface area (Å²) in [6.45, 7) is 6.81. The Morgan fingerprint density at radius 3 is 2.80 bits per heavy atom. The number of amides is 1. The zero-order chi connectivity index (χ0) is 11.5. The van der Waals surface area contributed by atoms with Crippen LogP contribution in [-0.4, -0.2) is 44.2 Å². The average Bonchev–Trinajstić information content (AvgIpc) is 2.61. The molecule has 0 bridgehead atoms. The normalized spacial score (nSPS) is 28.1. The van der Waals surface area contributed by atoms with Crippen molar-refractivity contribution in [2.24, 2.45) is 17.1 Å². The van der Waals surface area contributed by atoms with Crippen molar-refractivity contribution < 1.29 is 9.53 Å². The van der Waals surface area contributed by atoms with E-state index >= 15 is 0 Å². The van der Waals surface area contributed by atoms with E-state index in [0.717, 1.165) is 19.5 Å². The number of carbonyl (C=O) groups excluding carboxylic acids is 1. The van der Waals surface area contributed by atoms with Crippen LogP contribution >= 0.6 is 0 Å². The van der Waals surface area contributed by atoms with E-state index in [2.05, 4.69) is 6.92 Å². The fourth-order valence-electron chi connectivity index (χ4n) is 2.01. The Morgan fingerprint density at radius 2 is 2.33 bits per heavy atom.